The molecule has 2 aromatic rings. The van der Waals surface area contributed by atoms with Crippen molar-refractivity contribution >= 4 is 28.3 Å². The van der Waals surface area contributed by atoms with Gasteiger partial charge in [-0.1, -0.05) is 48.6 Å². The molecule has 6 rings (SSSR count). The summed E-state index contributed by atoms with van der Waals surface area (Å²) < 4.78 is 0. The average molecular weight is 303 g/mol. The van der Waals surface area contributed by atoms with Crippen molar-refractivity contribution in [2.45, 2.75) is 12.8 Å². The van der Waals surface area contributed by atoms with Crippen molar-refractivity contribution in [3.05, 3.63) is 54.6 Å². The van der Waals surface area contributed by atoms with Gasteiger partial charge in [-0.15, -0.1) is 0 Å². The molecular formula is C20H17NO2. The second kappa shape index (κ2) is 4.54. The summed E-state index contributed by atoms with van der Waals surface area (Å²) in [6.45, 7) is 0. The van der Waals surface area contributed by atoms with Crippen LogP contribution in [0, 0.1) is 23.7 Å². The predicted molar refractivity (Wildman–Crippen MR) is 88.8 cm³/mol. The number of fused-ring (bicyclic) bond motifs is 2. The minimum Gasteiger partial charge on any atom is -0.274 e. The number of rotatable bonds is 1. The Hall–Kier alpha value is -2.42. The minimum absolute atomic E-state index is 0.00426. The van der Waals surface area contributed by atoms with Crippen molar-refractivity contribution in [2.75, 3.05) is 4.90 Å². The van der Waals surface area contributed by atoms with Crippen LogP contribution < -0.4 is 4.90 Å². The molecule has 4 aliphatic rings. The van der Waals surface area contributed by atoms with Gasteiger partial charge in [0.1, 0.15) is 0 Å². The zero-order valence-electron chi connectivity index (χ0n) is 12.7. The number of allylic oxidation sites excluding steroid dienone is 2. The van der Waals surface area contributed by atoms with Gasteiger partial charge in [-0.05, 0) is 36.1 Å². The Morgan fingerprint density at radius 3 is 2.04 bits per heavy atom. The first-order valence-electron chi connectivity index (χ1n) is 8.29. The first-order chi connectivity index (χ1) is 11.3. The molecule has 0 unspecified atom stereocenters. The van der Waals surface area contributed by atoms with Crippen LogP contribution in [0.4, 0.5) is 5.69 Å². The van der Waals surface area contributed by atoms with E-state index in [9.17, 15) is 9.59 Å². The van der Waals surface area contributed by atoms with Gasteiger partial charge in [0.05, 0.1) is 17.5 Å². The van der Waals surface area contributed by atoms with Crippen LogP contribution in [0.3, 0.4) is 0 Å². The van der Waals surface area contributed by atoms with Crippen molar-refractivity contribution in [3.8, 4) is 0 Å². The van der Waals surface area contributed by atoms with E-state index in [4.69, 9.17) is 0 Å². The quantitative estimate of drug-likeness (QED) is 0.597. The summed E-state index contributed by atoms with van der Waals surface area (Å²) >= 11 is 0. The molecule has 0 radical (unpaired) electrons. The lowest BCUT2D eigenvalue weighted by molar-refractivity contribution is -0.124. The lowest BCUT2D eigenvalue weighted by atomic mass is 9.63. The Balaban J connectivity index is 1.67. The second-order valence-electron chi connectivity index (χ2n) is 6.85. The van der Waals surface area contributed by atoms with Crippen LogP contribution >= 0.6 is 0 Å². The highest BCUT2D eigenvalue weighted by Gasteiger charge is 2.57. The van der Waals surface area contributed by atoms with Gasteiger partial charge in [-0.2, -0.15) is 0 Å². The van der Waals surface area contributed by atoms with E-state index in [1.807, 2.05) is 42.5 Å². The molecule has 2 fully saturated rings. The smallest absolute Gasteiger partial charge is 0.238 e. The molecule has 114 valence electrons. The number of anilines is 1. The van der Waals surface area contributed by atoms with E-state index >= 15 is 0 Å². The van der Waals surface area contributed by atoms with E-state index < -0.39 is 0 Å². The topological polar surface area (TPSA) is 37.4 Å². The van der Waals surface area contributed by atoms with Crippen molar-refractivity contribution in [3.63, 3.8) is 0 Å². The SMILES string of the molecule is O=C1[C@H]2[C@H](C(=O)N1c1cccc3ccccc13)[C@H]1C=C[C@H]2CC1. The summed E-state index contributed by atoms with van der Waals surface area (Å²) in [7, 11) is 0. The van der Waals surface area contributed by atoms with Gasteiger partial charge in [0.15, 0.2) is 0 Å². The van der Waals surface area contributed by atoms with Crippen LogP contribution in [0.5, 0.6) is 0 Å². The molecule has 4 atom stereocenters. The Morgan fingerprint density at radius 2 is 1.39 bits per heavy atom. The maximum absolute atomic E-state index is 13.1. The monoisotopic (exact) mass is 303 g/mol. The highest BCUT2D eigenvalue weighted by atomic mass is 16.2. The molecule has 3 nitrogen and oxygen atoms in total. The fraction of sp³-hybridized carbons (Fsp3) is 0.300. The summed E-state index contributed by atoms with van der Waals surface area (Å²) in [5.41, 5.74) is 0.743. The molecular weight excluding hydrogens is 286 g/mol. The Labute approximate surface area is 134 Å². The van der Waals surface area contributed by atoms with E-state index in [2.05, 4.69) is 12.2 Å². The molecule has 2 bridgehead atoms. The number of hydrogen-bond donors (Lipinski definition) is 0. The van der Waals surface area contributed by atoms with Crippen LogP contribution in [0.25, 0.3) is 10.8 Å². The van der Waals surface area contributed by atoms with Crippen LogP contribution in [-0.2, 0) is 9.59 Å². The number of benzene rings is 2. The van der Waals surface area contributed by atoms with Gasteiger partial charge >= 0.3 is 0 Å². The van der Waals surface area contributed by atoms with Gasteiger partial charge in [0.2, 0.25) is 11.8 Å². The molecule has 1 saturated carbocycles. The van der Waals surface area contributed by atoms with Crippen molar-refractivity contribution in [1.29, 1.82) is 0 Å². The van der Waals surface area contributed by atoms with Gasteiger partial charge in [-0.25, -0.2) is 4.90 Å². The molecule has 3 aliphatic carbocycles. The van der Waals surface area contributed by atoms with Crippen molar-refractivity contribution < 1.29 is 9.59 Å². The third-order valence-corrected chi connectivity index (χ3v) is 5.77. The number of amides is 2. The maximum atomic E-state index is 13.1. The standard InChI is InChI=1S/C20H17NO2/c22-19-17-13-8-9-14(11-10-13)18(17)20(23)21(19)16-7-3-5-12-4-1-2-6-15(12)16/h1-9,13-14,17-18H,10-11H2/t13-,14-,17+,18+/m0/s1. The largest absolute Gasteiger partial charge is 0.274 e. The van der Waals surface area contributed by atoms with E-state index in [1.165, 1.54) is 4.90 Å². The summed E-state index contributed by atoms with van der Waals surface area (Å²) in [6.07, 6.45) is 6.38. The van der Waals surface area contributed by atoms with Gasteiger partial charge in [0, 0.05) is 5.39 Å². The molecule has 1 aliphatic heterocycles. The first kappa shape index (κ1) is 13.1. The maximum Gasteiger partial charge on any atom is 0.238 e. The first-order valence-corrected chi connectivity index (χ1v) is 8.29. The molecule has 1 saturated heterocycles. The lowest BCUT2D eigenvalue weighted by Gasteiger charge is -2.38. The number of nitrogens with zero attached hydrogens (tertiary/aromatic N) is 1. The fourth-order valence-corrected chi connectivity index (χ4v) is 4.71. The highest BCUT2D eigenvalue weighted by Crippen LogP contribution is 2.50. The molecule has 0 aromatic heterocycles. The highest BCUT2D eigenvalue weighted by molar-refractivity contribution is 6.25. The van der Waals surface area contributed by atoms with E-state index in [-0.39, 0.29) is 35.5 Å². The van der Waals surface area contributed by atoms with E-state index in [0.29, 0.717) is 0 Å². The third kappa shape index (κ3) is 1.65. The fourth-order valence-electron chi connectivity index (χ4n) is 4.71. The molecule has 0 N–H and O–H groups in total. The summed E-state index contributed by atoms with van der Waals surface area (Å²) in [5, 5.41) is 2.03. The Morgan fingerprint density at radius 1 is 0.783 bits per heavy atom. The summed E-state index contributed by atoms with van der Waals surface area (Å²) in [6, 6.07) is 13.8. The predicted octanol–water partition coefficient (Wildman–Crippen LogP) is 3.54. The van der Waals surface area contributed by atoms with Crippen LogP contribution in [0.2, 0.25) is 0 Å². The third-order valence-electron chi connectivity index (χ3n) is 5.77. The molecule has 3 heteroatoms. The normalized spacial score (nSPS) is 31.9. The van der Waals surface area contributed by atoms with E-state index in [0.717, 1.165) is 29.3 Å². The molecule has 2 amide bonds. The lowest BCUT2D eigenvalue weighted by Crippen LogP contribution is -2.38. The molecule has 2 aromatic carbocycles. The molecule has 0 spiro atoms. The second-order valence-corrected chi connectivity index (χ2v) is 6.85. The van der Waals surface area contributed by atoms with Crippen LogP contribution in [0.15, 0.2) is 54.6 Å². The Kier molecular flexibility index (Phi) is 2.58. The van der Waals surface area contributed by atoms with Crippen LogP contribution in [-0.4, -0.2) is 11.8 Å². The Bertz CT molecular complexity index is 832. The number of carbonyl (C=O) groups is 2. The van der Waals surface area contributed by atoms with Gasteiger partial charge in [0.25, 0.3) is 0 Å². The summed E-state index contributed by atoms with van der Waals surface area (Å²) in [5.74, 6) is 0.170. The minimum atomic E-state index is -0.148. The zero-order valence-corrected chi connectivity index (χ0v) is 12.7. The average Bonchev–Trinajstić information content (AvgIpc) is 2.89. The number of hydrogen-bond acceptors (Lipinski definition) is 2. The van der Waals surface area contributed by atoms with Gasteiger partial charge < -0.3 is 0 Å². The molecule has 1 heterocycles. The number of imide groups is 1. The van der Waals surface area contributed by atoms with Crippen LogP contribution in [0.1, 0.15) is 12.8 Å². The van der Waals surface area contributed by atoms with Crippen molar-refractivity contribution in [1.82, 2.24) is 0 Å². The van der Waals surface area contributed by atoms with Crippen molar-refractivity contribution in [2.24, 2.45) is 23.7 Å². The van der Waals surface area contributed by atoms with E-state index in [1.54, 1.807) is 0 Å². The zero-order chi connectivity index (χ0) is 15.6. The molecule has 23 heavy (non-hydrogen) atoms. The summed E-state index contributed by atoms with van der Waals surface area (Å²) in [4.78, 5) is 27.6. The number of carbonyl (C=O) groups excluding carboxylic acids is 2. The van der Waals surface area contributed by atoms with Gasteiger partial charge in [-0.3, -0.25) is 9.59 Å².